The first-order valence-electron chi connectivity index (χ1n) is 10.8. The van der Waals surface area contributed by atoms with Gasteiger partial charge < -0.3 is 5.32 Å². The Morgan fingerprint density at radius 2 is 1.70 bits per heavy atom. The minimum atomic E-state index is 0.0438. The molecule has 2 rings (SSSR count). The van der Waals surface area contributed by atoms with Gasteiger partial charge in [0.05, 0.1) is 0 Å². The van der Waals surface area contributed by atoms with E-state index in [4.69, 9.17) is 0 Å². The lowest BCUT2D eigenvalue weighted by atomic mass is 9.80. The van der Waals surface area contributed by atoms with E-state index in [0.717, 1.165) is 30.2 Å². The van der Waals surface area contributed by atoms with E-state index in [1.165, 1.54) is 43.4 Å². The maximum Gasteiger partial charge on any atom is 0.251 e. The second-order valence-electron chi connectivity index (χ2n) is 9.33. The van der Waals surface area contributed by atoms with E-state index >= 15 is 0 Å². The maximum absolute atomic E-state index is 12.2. The quantitative estimate of drug-likeness (QED) is 0.551. The van der Waals surface area contributed by atoms with Crippen LogP contribution in [0.2, 0.25) is 0 Å². The van der Waals surface area contributed by atoms with Gasteiger partial charge in [0.25, 0.3) is 5.91 Å². The fourth-order valence-corrected chi connectivity index (χ4v) is 4.73. The van der Waals surface area contributed by atoms with E-state index in [2.05, 4.69) is 56.9 Å². The number of aryl methyl sites for hydroxylation is 1. The molecule has 2 nitrogen and oxygen atoms in total. The van der Waals surface area contributed by atoms with Gasteiger partial charge in [0.2, 0.25) is 0 Å². The van der Waals surface area contributed by atoms with Gasteiger partial charge in [-0.25, -0.2) is 0 Å². The lowest BCUT2D eigenvalue weighted by molar-refractivity contribution is 0.0939. The zero-order valence-corrected chi connectivity index (χ0v) is 18.8. The molecule has 1 unspecified atom stereocenters. The van der Waals surface area contributed by atoms with Crippen LogP contribution in [0.25, 0.3) is 0 Å². The van der Waals surface area contributed by atoms with E-state index in [1.54, 1.807) is 0 Å². The number of carbonyl (C=O) groups is 1. The third-order valence-electron chi connectivity index (χ3n) is 5.77. The Morgan fingerprint density at radius 3 is 2.26 bits per heavy atom. The van der Waals surface area contributed by atoms with E-state index in [1.807, 2.05) is 19.1 Å². The highest BCUT2D eigenvalue weighted by molar-refractivity contribution is 8.00. The van der Waals surface area contributed by atoms with E-state index < -0.39 is 0 Å². The van der Waals surface area contributed by atoms with Crippen LogP contribution in [0.4, 0.5) is 0 Å². The predicted molar refractivity (Wildman–Crippen MR) is 120 cm³/mol. The van der Waals surface area contributed by atoms with E-state index in [-0.39, 0.29) is 11.9 Å². The fourth-order valence-electron chi connectivity index (χ4n) is 3.66. The molecule has 0 radical (unpaired) electrons. The van der Waals surface area contributed by atoms with Gasteiger partial charge in [-0.2, -0.15) is 11.8 Å². The van der Waals surface area contributed by atoms with Crippen molar-refractivity contribution in [2.45, 2.75) is 90.4 Å². The SMILES string of the molecule is CCC(C)NC(=O)c1ccc(CCC2CCC(CSC(C)(C)C)CC2)cc1. The molecule has 1 aromatic carbocycles. The maximum atomic E-state index is 12.2. The van der Waals surface area contributed by atoms with Gasteiger partial charge in [-0.15, -0.1) is 0 Å². The smallest absolute Gasteiger partial charge is 0.251 e. The number of amides is 1. The molecule has 0 bridgehead atoms. The van der Waals surface area contributed by atoms with Crippen molar-refractivity contribution in [1.29, 1.82) is 0 Å². The molecule has 0 aromatic heterocycles. The van der Waals surface area contributed by atoms with Gasteiger partial charge in [-0.3, -0.25) is 4.79 Å². The Hall–Kier alpha value is -0.960. The second kappa shape index (κ2) is 10.5. The van der Waals surface area contributed by atoms with Crippen LogP contribution < -0.4 is 5.32 Å². The van der Waals surface area contributed by atoms with E-state index in [0.29, 0.717) is 4.75 Å². The Balaban J connectivity index is 1.71. The Bertz CT molecular complexity index is 567. The average molecular weight is 390 g/mol. The number of thioether (sulfide) groups is 1. The molecule has 0 saturated heterocycles. The summed E-state index contributed by atoms with van der Waals surface area (Å²) in [6.45, 7) is 11.1. The molecule has 0 spiro atoms. The molecule has 0 heterocycles. The molecule has 27 heavy (non-hydrogen) atoms. The zero-order valence-electron chi connectivity index (χ0n) is 18.0. The first kappa shape index (κ1) is 22.3. The van der Waals surface area contributed by atoms with Crippen molar-refractivity contribution >= 4 is 17.7 Å². The van der Waals surface area contributed by atoms with Crippen LogP contribution in [0.15, 0.2) is 24.3 Å². The Morgan fingerprint density at radius 1 is 1.11 bits per heavy atom. The highest BCUT2D eigenvalue weighted by atomic mass is 32.2. The molecule has 1 aliphatic rings. The number of hydrogen-bond donors (Lipinski definition) is 1. The lowest BCUT2D eigenvalue weighted by Crippen LogP contribution is -2.31. The normalized spacial score (nSPS) is 21.7. The molecule has 1 aliphatic carbocycles. The van der Waals surface area contributed by atoms with Gasteiger partial charge in [0.15, 0.2) is 0 Å². The average Bonchev–Trinajstić information content (AvgIpc) is 2.65. The van der Waals surface area contributed by atoms with Gasteiger partial charge in [-0.05, 0) is 74.3 Å². The Kier molecular flexibility index (Phi) is 8.72. The highest BCUT2D eigenvalue weighted by Gasteiger charge is 2.23. The third kappa shape index (κ3) is 8.29. The monoisotopic (exact) mass is 389 g/mol. The molecule has 3 heteroatoms. The van der Waals surface area contributed by atoms with Crippen LogP contribution in [0.3, 0.4) is 0 Å². The summed E-state index contributed by atoms with van der Waals surface area (Å²) >= 11 is 2.13. The number of benzene rings is 1. The minimum absolute atomic E-state index is 0.0438. The third-order valence-corrected chi connectivity index (χ3v) is 7.27. The molecule has 152 valence electrons. The van der Waals surface area contributed by atoms with Crippen LogP contribution in [0, 0.1) is 11.8 Å². The summed E-state index contributed by atoms with van der Waals surface area (Å²) < 4.78 is 0.397. The molecular formula is C24H39NOS. The van der Waals surface area contributed by atoms with E-state index in [9.17, 15) is 4.79 Å². The number of nitrogens with one attached hydrogen (secondary N) is 1. The van der Waals surface area contributed by atoms with Crippen LogP contribution >= 0.6 is 11.8 Å². The Labute approximate surface area is 171 Å². The standard InChI is InChI=1S/C24H39NOS/c1-6-18(2)25-23(26)22-15-13-20(14-16-22)8-7-19-9-11-21(12-10-19)17-27-24(3,4)5/h13-16,18-19,21H,6-12,17H2,1-5H3,(H,25,26). The van der Waals surface area contributed by atoms with Crippen LogP contribution in [0.5, 0.6) is 0 Å². The molecule has 1 atom stereocenters. The molecule has 1 amide bonds. The van der Waals surface area contributed by atoms with Gasteiger partial charge in [0, 0.05) is 16.4 Å². The molecule has 0 aliphatic heterocycles. The molecule has 1 aromatic rings. The molecule has 1 fully saturated rings. The minimum Gasteiger partial charge on any atom is -0.350 e. The summed E-state index contributed by atoms with van der Waals surface area (Å²) in [7, 11) is 0. The van der Waals surface area contributed by atoms with Crippen molar-refractivity contribution in [2.75, 3.05) is 5.75 Å². The van der Waals surface area contributed by atoms with Crippen LogP contribution in [0.1, 0.15) is 89.1 Å². The van der Waals surface area contributed by atoms with Crippen LogP contribution in [-0.4, -0.2) is 22.4 Å². The molecule has 1 N–H and O–H groups in total. The summed E-state index contributed by atoms with van der Waals surface area (Å²) in [4.78, 5) is 12.2. The summed E-state index contributed by atoms with van der Waals surface area (Å²) in [5.74, 6) is 3.18. The number of hydrogen-bond acceptors (Lipinski definition) is 2. The largest absolute Gasteiger partial charge is 0.350 e. The topological polar surface area (TPSA) is 29.1 Å². The zero-order chi connectivity index (χ0) is 19.9. The number of rotatable bonds is 8. The molecule has 1 saturated carbocycles. The van der Waals surface area contributed by atoms with Crippen LogP contribution in [-0.2, 0) is 6.42 Å². The highest BCUT2D eigenvalue weighted by Crippen LogP contribution is 2.36. The molecular weight excluding hydrogens is 350 g/mol. The van der Waals surface area contributed by atoms with Gasteiger partial charge in [0.1, 0.15) is 0 Å². The van der Waals surface area contributed by atoms with Crippen molar-refractivity contribution in [1.82, 2.24) is 5.32 Å². The van der Waals surface area contributed by atoms with Gasteiger partial charge >= 0.3 is 0 Å². The lowest BCUT2D eigenvalue weighted by Gasteiger charge is -2.30. The summed E-state index contributed by atoms with van der Waals surface area (Å²) in [5, 5.41) is 3.03. The summed E-state index contributed by atoms with van der Waals surface area (Å²) in [6, 6.07) is 8.46. The summed E-state index contributed by atoms with van der Waals surface area (Å²) in [6.07, 6.45) is 8.98. The summed E-state index contributed by atoms with van der Waals surface area (Å²) in [5.41, 5.74) is 2.14. The van der Waals surface area contributed by atoms with Crippen molar-refractivity contribution < 1.29 is 4.79 Å². The first-order chi connectivity index (χ1) is 12.8. The van der Waals surface area contributed by atoms with Crippen molar-refractivity contribution in [3.05, 3.63) is 35.4 Å². The predicted octanol–water partition coefficient (Wildman–Crippen LogP) is 6.49. The van der Waals surface area contributed by atoms with Gasteiger partial charge in [-0.1, -0.05) is 52.7 Å². The van der Waals surface area contributed by atoms with Crippen molar-refractivity contribution in [3.8, 4) is 0 Å². The first-order valence-corrected chi connectivity index (χ1v) is 11.8. The van der Waals surface area contributed by atoms with Crippen molar-refractivity contribution in [3.63, 3.8) is 0 Å². The van der Waals surface area contributed by atoms with Crippen molar-refractivity contribution in [2.24, 2.45) is 11.8 Å². The fraction of sp³-hybridized carbons (Fsp3) is 0.708. The number of carbonyl (C=O) groups excluding carboxylic acids is 1. The second-order valence-corrected chi connectivity index (χ2v) is 11.2.